The Morgan fingerprint density at radius 3 is 2.67 bits per heavy atom. The van der Waals surface area contributed by atoms with E-state index in [0.717, 1.165) is 12.1 Å². The lowest BCUT2D eigenvalue weighted by Crippen LogP contribution is -2.33. The Morgan fingerprint density at radius 1 is 1.50 bits per heavy atom. The van der Waals surface area contributed by atoms with E-state index in [0.29, 0.717) is 18.0 Å². The molecule has 2 N–H and O–H groups in total. The average Bonchev–Trinajstić information content (AvgIpc) is 2.68. The molecule has 0 aliphatic rings. The molecule has 5 nitrogen and oxygen atoms in total. The van der Waals surface area contributed by atoms with Crippen molar-refractivity contribution in [3.05, 3.63) is 17.5 Å². The average molecular weight is 253 g/mol. The van der Waals surface area contributed by atoms with E-state index in [1.807, 2.05) is 20.0 Å². The summed E-state index contributed by atoms with van der Waals surface area (Å²) in [6.07, 6.45) is 1.47. The second kappa shape index (κ2) is 6.54. The van der Waals surface area contributed by atoms with Gasteiger partial charge in [0.2, 0.25) is 0 Å². The Balaban J connectivity index is 2.64. The summed E-state index contributed by atoms with van der Waals surface area (Å²) in [5.41, 5.74) is 1.50. The predicted molar refractivity (Wildman–Crippen MR) is 70.5 cm³/mol. The van der Waals surface area contributed by atoms with Crippen LogP contribution in [0.3, 0.4) is 0 Å². The molecule has 0 aliphatic heterocycles. The Morgan fingerprint density at radius 2 is 2.17 bits per heavy atom. The second-order valence-corrected chi connectivity index (χ2v) is 4.97. The standard InChI is InChI=1S/C13H23N3O2/c1-9(2)12-8-11(15-16(12)4)13(18)14-10(3)6-5-7-17/h8-10,17H,5-7H2,1-4H3,(H,14,18). The summed E-state index contributed by atoms with van der Waals surface area (Å²) < 4.78 is 1.75. The minimum absolute atomic E-state index is 0.0501. The van der Waals surface area contributed by atoms with Crippen molar-refractivity contribution in [2.75, 3.05) is 6.61 Å². The van der Waals surface area contributed by atoms with Crippen LogP contribution in [-0.4, -0.2) is 33.4 Å². The van der Waals surface area contributed by atoms with Gasteiger partial charge in [0.1, 0.15) is 5.69 Å². The van der Waals surface area contributed by atoms with Gasteiger partial charge < -0.3 is 10.4 Å². The van der Waals surface area contributed by atoms with Crippen molar-refractivity contribution >= 4 is 5.91 Å². The number of carbonyl (C=O) groups excluding carboxylic acids is 1. The first kappa shape index (κ1) is 14.7. The molecule has 0 fully saturated rings. The lowest BCUT2D eigenvalue weighted by Gasteiger charge is -2.11. The van der Waals surface area contributed by atoms with Crippen LogP contribution in [0.15, 0.2) is 6.07 Å². The molecule has 0 saturated heterocycles. The Labute approximate surface area is 108 Å². The van der Waals surface area contributed by atoms with E-state index in [2.05, 4.69) is 24.3 Å². The summed E-state index contributed by atoms with van der Waals surface area (Å²) in [5, 5.41) is 15.8. The van der Waals surface area contributed by atoms with E-state index in [4.69, 9.17) is 5.11 Å². The first-order valence-corrected chi connectivity index (χ1v) is 6.41. The van der Waals surface area contributed by atoms with Crippen LogP contribution < -0.4 is 5.32 Å². The van der Waals surface area contributed by atoms with Crippen molar-refractivity contribution in [3.63, 3.8) is 0 Å². The molecule has 1 unspecified atom stereocenters. The number of amides is 1. The molecule has 18 heavy (non-hydrogen) atoms. The first-order chi connectivity index (χ1) is 8.45. The van der Waals surface area contributed by atoms with Crippen LogP contribution in [0.1, 0.15) is 55.7 Å². The van der Waals surface area contributed by atoms with Crippen LogP contribution in [0.4, 0.5) is 0 Å². The van der Waals surface area contributed by atoms with Gasteiger partial charge in [0.25, 0.3) is 5.91 Å². The minimum Gasteiger partial charge on any atom is -0.396 e. The number of nitrogens with zero attached hydrogens (tertiary/aromatic N) is 2. The fourth-order valence-corrected chi connectivity index (χ4v) is 1.90. The van der Waals surface area contributed by atoms with Crippen molar-refractivity contribution in [2.24, 2.45) is 7.05 Å². The summed E-state index contributed by atoms with van der Waals surface area (Å²) in [6, 6.07) is 1.88. The molecule has 0 bridgehead atoms. The van der Waals surface area contributed by atoms with Gasteiger partial charge in [-0.25, -0.2) is 0 Å². The smallest absolute Gasteiger partial charge is 0.271 e. The van der Waals surface area contributed by atoms with Crippen molar-refractivity contribution < 1.29 is 9.90 Å². The second-order valence-electron chi connectivity index (χ2n) is 4.97. The van der Waals surface area contributed by atoms with Crippen molar-refractivity contribution in [1.29, 1.82) is 0 Å². The molecule has 0 aliphatic carbocycles. The van der Waals surface area contributed by atoms with Gasteiger partial charge in [-0.05, 0) is 31.7 Å². The largest absolute Gasteiger partial charge is 0.396 e. The number of aliphatic hydroxyl groups is 1. The Kier molecular flexibility index (Phi) is 5.34. The summed E-state index contributed by atoms with van der Waals surface area (Å²) >= 11 is 0. The summed E-state index contributed by atoms with van der Waals surface area (Å²) in [4.78, 5) is 12.0. The molecule has 1 atom stereocenters. The molecule has 0 saturated carbocycles. The quantitative estimate of drug-likeness (QED) is 0.806. The monoisotopic (exact) mass is 253 g/mol. The lowest BCUT2D eigenvalue weighted by molar-refractivity contribution is 0.0930. The molecule has 1 amide bonds. The summed E-state index contributed by atoms with van der Waals surface area (Å²) in [5.74, 6) is 0.193. The molecule has 1 rings (SSSR count). The normalized spacial score (nSPS) is 12.8. The molecular formula is C13H23N3O2. The maximum atomic E-state index is 12.0. The van der Waals surface area contributed by atoms with E-state index in [9.17, 15) is 4.79 Å². The number of aliphatic hydroxyl groups excluding tert-OH is 1. The number of carbonyl (C=O) groups is 1. The number of hydrogen-bond acceptors (Lipinski definition) is 3. The summed E-state index contributed by atoms with van der Waals surface area (Å²) in [6.45, 7) is 6.23. The molecule has 1 aromatic rings. The summed E-state index contributed by atoms with van der Waals surface area (Å²) in [7, 11) is 1.85. The van der Waals surface area contributed by atoms with Gasteiger partial charge in [-0.3, -0.25) is 9.48 Å². The topological polar surface area (TPSA) is 67.2 Å². The third-order valence-corrected chi connectivity index (χ3v) is 2.91. The number of rotatable bonds is 6. The highest BCUT2D eigenvalue weighted by molar-refractivity contribution is 5.92. The molecule has 0 spiro atoms. The zero-order valence-corrected chi connectivity index (χ0v) is 11.6. The Bertz CT molecular complexity index is 399. The van der Waals surface area contributed by atoms with Crippen LogP contribution in [0.5, 0.6) is 0 Å². The molecule has 0 aromatic carbocycles. The van der Waals surface area contributed by atoms with Gasteiger partial charge in [0.05, 0.1) is 0 Å². The van der Waals surface area contributed by atoms with Crippen molar-refractivity contribution in [2.45, 2.75) is 45.6 Å². The number of aromatic nitrogens is 2. The van der Waals surface area contributed by atoms with Gasteiger partial charge in [-0.15, -0.1) is 0 Å². The van der Waals surface area contributed by atoms with E-state index in [-0.39, 0.29) is 18.6 Å². The maximum Gasteiger partial charge on any atom is 0.271 e. The van der Waals surface area contributed by atoms with E-state index < -0.39 is 0 Å². The highest BCUT2D eigenvalue weighted by Crippen LogP contribution is 2.14. The van der Waals surface area contributed by atoms with Crippen LogP contribution in [-0.2, 0) is 7.05 Å². The third kappa shape index (κ3) is 3.84. The van der Waals surface area contributed by atoms with Crippen LogP contribution in [0.2, 0.25) is 0 Å². The number of hydrogen-bond donors (Lipinski definition) is 2. The van der Waals surface area contributed by atoms with E-state index in [1.165, 1.54) is 0 Å². The lowest BCUT2D eigenvalue weighted by atomic mass is 10.1. The fourth-order valence-electron chi connectivity index (χ4n) is 1.90. The highest BCUT2D eigenvalue weighted by atomic mass is 16.3. The minimum atomic E-state index is -0.150. The molecule has 1 aromatic heterocycles. The van der Waals surface area contributed by atoms with Crippen molar-refractivity contribution in [3.8, 4) is 0 Å². The van der Waals surface area contributed by atoms with Gasteiger partial charge in [-0.2, -0.15) is 5.10 Å². The zero-order valence-electron chi connectivity index (χ0n) is 11.6. The molecule has 1 heterocycles. The van der Waals surface area contributed by atoms with Gasteiger partial charge in [0.15, 0.2) is 0 Å². The number of nitrogens with one attached hydrogen (secondary N) is 1. The SMILES string of the molecule is CC(CCCO)NC(=O)c1cc(C(C)C)n(C)n1. The molecule has 0 radical (unpaired) electrons. The van der Waals surface area contributed by atoms with Crippen molar-refractivity contribution in [1.82, 2.24) is 15.1 Å². The van der Waals surface area contributed by atoms with Gasteiger partial charge in [-0.1, -0.05) is 13.8 Å². The first-order valence-electron chi connectivity index (χ1n) is 6.41. The Hall–Kier alpha value is -1.36. The van der Waals surface area contributed by atoms with E-state index in [1.54, 1.807) is 4.68 Å². The molecule has 5 heteroatoms. The fraction of sp³-hybridized carbons (Fsp3) is 0.692. The van der Waals surface area contributed by atoms with Gasteiger partial charge >= 0.3 is 0 Å². The zero-order chi connectivity index (χ0) is 13.7. The molecular weight excluding hydrogens is 230 g/mol. The van der Waals surface area contributed by atoms with E-state index >= 15 is 0 Å². The van der Waals surface area contributed by atoms with Crippen LogP contribution >= 0.6 is 0 Å². The third-order valence-electron chi connectivity index (χ3n) is 2.91. The predicted octanol–water partition coefficient (Wildman–Crippen LogP) is 1.43. The highest BCUT2D eigenvalue weighted by Gasteiger charge is 2.16. The van der Waals surface area contributed by atoms with Gasteiger partial charge in [0, 0.05) is 25.4 Å². The molecule has 102 valence electrons. The maximum absolute atomic E-state index is 12.0. The number of aryl methyl sites for hydroxylation is 1. The van der Waals surface area contributed by atoms with Crippen LogP contribution in [0, 0.1) is 0 Å². The van der Waals surface area contributed by atoms with Crippen LogP contribution in [0.25, 0.3) is 0 Å².